The Kier molecular flexibility index (Phi) is 9.92. The summed E-state index contributed by atoms with van der Waals surface area (Å²) in [6.07, 6.45) is 1.45. The number of rotatable bonds is 10. The van der Waals surface area contributed by atoms with E-state index in [1.807, 2.05) is 24.3 Å². The third kappa shape index (κ3) is 7.84. The summed E-state index contributed by atoms with van der Waals surface area (Å²) in [7, 11) is 1.52. The Hall–Kier alpha value is -3.15. The van der Waals surface area contributed by atoms with Gasteiger partial charge in [-0.3, -0.25) is 4.79 Å². The van der Waals surface area contributed by atoms with Crippen LogP contribution in [0.3, 0.4) is 0 Å². The second kappa shape index (κ2) is 12.6. The maximum atomic E-state index is 12.1. The lowest BCUT2D eigenvalue weighted by Crippen LogP contribution is -2.27. The van der Waals surface area contributed by atoms with E-state index < -0.39 is 11.9 Å². The third-order valence-corrected chi connectivity index (χ3v) is 4.97. The van der Waals surface area contributed by atoms with Crippen molar-refractivity contribution in [2.24, 2.45) is 0 Å². The lowest BCUT2D eigenvalue weighted by Gasteiger charge is -2.11. The molecule has 0 aromatic heterocycles. The Bertz CT molecular complexity index is 1010. The fourth-order valence-corrected chi connectivity index (χ4v) is 3.11. The van der Waals surface area contributed by atoms with Crippen molar-refractivity contribution in [3.63, 3.8) is 0 Å². The van der Waals surface area contributed by atoms with Crippen LogP contribution >= 0.6 is 15.9 Å². The number of nitrogens with zero attached hydrogens (tertiary/aromatic N) is 1. The van der Waals surface area contributed by atoms with Crippen molar-refractivity contribution in [3.05, 3.63) is 63.6 Å². The van der Waals surface area contributed by atoms with Gasteiger partial charge in [0.2, 0.25) is 0 Å². The van der Waals surface area contributed by atoms with E-state index in [1.54, 1.807) is 24.3 Å². The minimum absolute atomic E-state index is 0.0340. The molecule has 32 heavy (non-hydrogen) atoms. The molecular weight excluding hydrogens is 476 g/mol. The zero-order chi connectivity index (χ0) is 23.5. The van der Waals surface area contributed by atoms with Gasteiger partial charge in [-0.2, -0.15) is 5.26 Å². The number of methoxy groups -OCH3 is 1. The van der Waals surface area contributed by atoms with Gasteiger partial charge in [0.05, 0.1) is 11.1 Å². The van der Waals surface area contributed by atoms with Crippen LogP contribution in [0.2, 0.25) is 0 Å². The SMILES string of the molecule is COCCNC(=O)/C(C#N)=C/c1ccc(OC(=O)COc2ccc(C(C)C)cc2Br)cc1. The van der Waals surface area contributed by atoms with Gasteiger partial charge in [-0.25, -0.2) is 4.79 Å². The topological polar surface area (TPSA) is 97.6 Å². The van der Waals surface area contributed by atoms with Gasteiger partial charge < -0.3 is 19.5 Å². The van der Waals surface area contributed by atoms with E-state index in [0.29, 0.717) is 36.1 Å². The highest BCUT2D eigenvalue weighted by Crippen LogP contribution is 2.29. The molecule has 0 aliphatic heterocycles. The quantitative estimate of drug-likeness (QED) is 0.172. The normalized spacial score (nSPS) is 11.1. The Balaban J connectivity index is 1.92. The third-order valence-electron chi connectivity index (χ3n) is 4.35. The lowest BCUT2D eigenvalue weighted by atomic mass is 10.0. The number of hydrogen-bond donors (Lipinski definition) is 1. The van der Waals surface area contributed by atoms with Gasteiger partial charge in [-0.15, -0.1) is 0 Å². The molecule has 0 aliphatic rings. The molecule has 1 amide bonds. The molecule has 0 saturated heterocycles. The molecule has 2 rings (SSSR count). The molecule has 0 fully saturated rings. The van der Waals surface area contributed by atoms with Crippen molar-refractivity contribution in [2.75, 3.05) is 26.9 Å². The molecule has 2 aromatic rings. The predicted octanol–water partition coefficient (Wildman–Crippen LogP) is 4.23. The van der Waals surface area contributed by atoms with Crippen LogP contribution < -0.4 is 14.8 Å². The molecule has 0 unspecified atom stereocenters. The van der Waals surface area contributed by atoms with Crippen LogP contribution in [0, 0.1) is 11.3 Å². The standard InChI is InChI=1S/C24H25BrN2O5/c1-16(2)18-6-9-22(21(25)13-18)31-15-23(28)32-20-7-4-17(5-8-20)12-19(14-26)24(29)27-10-11-30-3/h4-9,12-13,16H,10-11,15H2,1-3H3,(H,27,29)/b19-12+. The number of esters is 1. The van der Waals surface area contributed by atoms with Gasteiger partial charge in [0, 0.05) is 13.7 Å². The molecule has 0 aliphatic carbocycles. The smallest absolute Gasteiger partial charge is 0.349 e. The Morgan fingerprint density at radius 3 is 2.50 bits per heavy atom. The van der Waals surface area contributed by atoms with Crippen LogP contribution in [0.1, 0.15) is 30.9 Å². The minimum Gasteiger partial charge on any atom is -0.481 e. The van der Waals surface area contributed by atoms with E-state index in [1.165, 1.54) is 13.2 Å². The Morgan fingerprint density at radius 1 is 1.19 bits per heavy atom. The summed E-state index contributed by atoms with van der Waals surface area (Å²) in [5, 5.41) is 11.8. The largest absolute Gasteiger partial charge is 0.481 e. The molecular formula is C24H25BrN2O5. The predicted molar refractivity (Wildman–Crippen MR) is 124 cm³/mol. The number of nitrogens with one attached hydrogen (secondary N) is 1. The van der Waals surface area contributed by atoms with E-state index in [-0.39, 0.29) is 12.2 Å². The molecule has 0 saturated carbocycles. The van der Waals surface area contributed by atoms with E-state index >= 15 is 0 Å². The average Bonchev–Trinajstić information content (AvgIpc) is 2.77. The van der Waals surface area contributed by atoms with Crippen LogP contribution in [-0.2, 0) is 14.3 Å². The van der Waals surface area contributed by atoms with Crippen LogP contribution in [0.25, 0.3) is 6.08 Å². The molecule has 1 N–H and O–H groups in total. The van der Waals surface area contributed by atoms with Crippen LogP contribution in [0.15, 0.2) is 52.5 Å². The number of benzene rings is 2. The fraction of sp³-hybridized carbons (Fsp3) is 0.292. The van der Waals surface area contributed by atoms with E-state index in [2.05, 4.69) is 35.1 Å². The molecule has 0 radical (unpaired) electrons. The molecule has 7 nitrogen and oxygen atoms in total. The number of ether oxygens (including phenoxy) is 3. The second-order valence-electron chi connectivity index (χ2n) is 7.09. The Morgan fingerprint density at radius 2 is 1.91 bits per heavy atom. The van der Waals surface area contributed by atoms with Crippen LogP contribution in [0.4, 0.5) is 0 Å². The molecule has 0 atom stereocenters. The van der Waals surface area contributed by atoms with E-state index in [9.17, 15) is 14.9 Å². The maximum absolute atomic E-state index is 12.1. The first kappa shape index (κ1) is 25.1. The minimum atomic E-state index is -0.552. The maximum Gasteiger partial charge on any atom is 0.349 e. The molecule has 2 aromatic carbocycles. The number of hydrogen-bond acceptors (Lipinski definition) is 6. The van der Waals surface area contributed by atoms with Crippen molar-refractivity contribution in [1.82, 2.24) is 5.32 Å². The number of halogens is 1. The summed E-state index contributed by atoms with van der Waals surface area (Å²) in [6.45, 7) is 4.61. The van der Waals surface area contributed by atoms with Crippen molar-refractivity contribution in [3.8, 4) is 17.6 Å². The van der Waals surface area contributed by atoms with Crippen LogP contribution in [0.5, 0.6) is 11.5 Å². The lowest BCUT2D eigenvalue weighted by molar-refractivity contribution is -0.136. The molecule has 8 heteroatoms. The van der Waals surface area contributed by atoms with Crippen molar-refractivity contribution in [2.45, 2.75) is 19.8 Å². The van der Waals surface area contributed by atoms with Crippen molar-refractivity contribution < 1.29 is 23.8 Å². The van der Waals surface area contributed by atoms with E-state index in [4.69, 9.17) is 14.2 Å². The number of nitriles is 1. The summed E-state index contributed by atoms with van der Waals surface area (Å²) < 4.78 is 16.5. The highest BCUT2D eigenvalue weighted by Gasteiger charge is 2.11. The molecule has 0 spiro atoms. The highest BCUT2D eigenvalue weighted by molar-refractivity contribution is 9.10. The monoisotopic (exact) mass is 500 g/mol. The first-order valence-corrected chi connectivity index (χ1v) is 10.7. The number of carbonyl (C=O) groups excluding carboxylic acids is 2. The fourth-order valence-electron chi connectivity index (χ4n) is 2.60. The van der Waals surface area contributed by atoms with Gasteiger partial charge in [0.1, 0.15) is 23.1 Å². The zero-order valence-electron chi connectivity index (χ0n) is 18.2. The summed E-state index contributed by atoms with van der Waals surface area (Å²) in [6, 6.07) is 14.0. The summed E-state index contributed by atoms with van der Waals surface area (Å²) in [5.41, 5.74) is 1.75. The Labute approximate surface area is 196 Å². The van der Waals surface area contributed by atoms with E-state index in [0.717, 1.165) is 10.0 Å². The zero-order valence-corrected chi connectivity index (χ0v) is 19.8. The summed E-state index contributed by atoms with van der Waals surface area (Å²) >= 11 is 3.45. The van der Waals surface area contributed by atoms with Crippen molar-refractivity contribution in [1.29, 1.82) is 5.26 Å². The van der Waals surface area contributed by atoms with Gasteiger partial charge in [0.15, 0.2) is 6.61 Å². The first-order chi connectivity index (χ1) is 15.3. The molecule has 0 heterocycles. The van der Waals surface area contributed by atoms with Gasteiger partial charge in [-0.1, -0.05) is 32.0 Å². The summed E-state index contributed by atoms with van der Waals surface area (Å²) in [5.74, 6) is 0.234. The first-order valence-electron chi connectivity index (χ1n) is 9.96. The van der Waals surface area contributed by atoms with Gasteiger partial charge >= 0.3 is 5.97 Å². The van der Waals surface area contributed by atoms with Crippen molar-refractivity contribution >= 4 is 33.9 Å². The molecule has 168 valence electrons. The number of carbonyl (C=O) groups is 2. The highest BCUT2D eigenvalue weighted by atomic mass is 79.9. The summed E-state index contributed by atoms with van der Waals surface area (Å²) in [4.78, 5) is 24.1. The average molecular weight is 501 g/mol. The number of amides is 1. The molecule has 0 bridgehead atoms. The second-order valence-corrected chi connectivity index (χ2v) is 7.95. The van der Waals surface area contributed by atoms with Gasteiger partial charge in [-0.05, 0) is 63.3 Å². The van der Waals surface area contributed by atoms with Crippen LogP contribution in [-0.4, -0.2) is 38.7 Å². The van der Waals surface area contributed by atoms with Gasteiger partial charge in [0.25, 0.3) is 5.91 Å².